The maximum Gasteiger partial charge on any atom is 0.326 e. The van der Waals surface area contributed by atoms with Crippen molar-refractivity contribution < 1.29 is 19.1 Å². The van der Waals surface area contributed by atoms with Crippen LogP contribution in [0.5, 0.6) is 0 Å². The Morgan fingerprint density at radius 3 is 2.95 bits per heavy atom. The van der Waals surface area contributed by atoms with Crippen molar-refractivity contribution in [2.24, 2.45) is 0 Å². The highest BCUT2D eigenvalue weighted by atomic mass is 16.4. The van der Waals surface area contributed by atoms with Gasteiger partial charge in [0.15, 0.2) is 11.5 Å². The monoisotopic (exact) mass is 291 g/mol. The van der Waals surface area contributed by atoms with E-state index in [1.807, 2.05) is 6.92 Å². The molecule has 0 saturated heterocycles. The van der Waals surface area contributed by atoms with Gasteiger partial charge in [-0.1, -0.05) is 19.8 Å². The van der Waals surface area contributed by atoms with E-state index >= 15 is 0 Å². The molecule has 2 aromatic heterocycles. The SMILES string of the molecule is CCCCC(NC(=O)c1cc(-c2ccco2)[nH]n1)C(=O)O. The number of carboxylic acid groups (broad SMARTS) is 1. The number of aromatic nitrogens is 2. The number of aromatic amines is 1. The van der Waals surface area contributed by atoms with Crippen molar-refractivity contribution in [1.82, 2.24) is 15.5 Å². The summed E-state index contributed by atoms with van der Waals surface area (Å²) in [7, 11) is 0. The van der Waals surface area contributed by atoms with Gasteiger partial charge in [-0.3, -0.25) is 9.89 Å². The van der Waals surface area contributed by atoms with E-state index in [9.17, 15) is 9.59 Å². The third-order valence-corrected chi connectivity index (χ3v) is 3.05. The summed E-state index contributed by atoms with van der Waals surface area (Å²) in [6, 6.07) is 4.08. The minimum Gasteiger partial charge on any atom is -0.480 e. The molecule has 0 aliphatic rings. The summed E-state index contributed by atoms with van der Waals surface area (Å²) in [5.74, 6) is -1.01. The van der Waals surface area contributed by atoms with Crippen molar-refractivity contribution in [3.63, 3.8) is 0 Å². The van der Waals surface area contributed by atoms with Crippen LogP contribution in [0.1, 0.15) is 36.7 Å². The molecule has 1 unspecified atom stereocenters. The summed E-state index contributed by atoms with van der Waals surface area (Å²) < 4.78 is 5.19. The molecule has 0 fully saturated rings. The summed E-state index contributed by atoms with van der Waals surface area (Å²) in [5, 5.41) is 18.1. The highest BCUT2D eigenvalue weighted by Crippen LogP contribution is 2.17. The van der Waals surface area contributed by atoms with Crippen LogP contribution in [0.3, 0.4) is 0 Å². The van der Waals surface area contributed by atoms with Gasteiger partial charge in [-0.05, 0) is 18.6 Å². The van der Waals surface area contributed by atoms with Crippen molar-refractivity contribution in [3.05, 3.63) is 30.2 Å². The molecule has 0 bridgehead atoms. The van der Waals surface area contributed by atoms with Gasteiger partial charge in [0, 0.05) is 6.07 Å². The van der Waals surface area contributed by atoms with Crippen molar-refractivity contribution in [1.29, 1.82) is 0 Å². The molecule has 0 aliphatic carbocycles. The van der Waals surface area contributed by atoms with Crippen molar-refractivity contribution in [2.75, 3.05) is 0 Å². The topological polar surface area (TPSA) is 108 Å². The molecule has 0 aromatic carbocycles. The predicted octanol–water partition coefficient (Wildman–Crippen LogP) is 2.04. The van der Waals surface area contributed by atoms with Gasteiger partial charge in [0.05, 0.1) is 6.26 Å². The number of furan rings is 1. The molecule has 2 heterocycles. The summed E-state index contributed by atoms with van der Waals surface area (Å²) in [6.45, 7) is 1.96. The van der Waals surface area contributed by atoms with Crippen LogP contribution < -0.4 is 5.32 Å². The smallest absolute Gasteiger partial charge is 0.326 e. The second-order valence-electron chi connectivity index (χ2n) is 4.65. The number of aliphatic carboxylic acids is 1. The highest BCUT2D eigenvalue weighted by Gasteiger charge is 2.21. The molecule has 0 aliphatic heterocycles. The average molecular weight is 291 g/mol. The second kappa shape index (κ2) is 6.74. The first-order valence-electron chi connectivity index (χ1n) is 6.74. The molecule has 7 heteroatoms. The van der Waals surface area contributed by atoms with Crippen LogP contribution in [0.4, 0.5) is 0 Å². The molecular weight excluding hydrogens is 274 g/mol. The van der Waals surface area contributed by atoms with Gasteiger partial charge >= 0.3 is 5.97 Å². The molecular formula is C14H17N3O4. The van der Waals surface area contributed by atoms with E-state index < -0.39 is 17.9 Å². The van der Waals surface area contributed by atoms with Gasteiger partial charge in [-0.2, -0.15) is 5.10 Å². The fourth-order valence-electron chi connectivity index (χ4n) is 1.89. The van der Waals surface area contributed by atoms with E-state index in [2.05, 4.69) is 15.5 Å². The van der Waals surface area contributed by atoms with Crippen LogP contribution in [0.15, 0.2) is 28.9 Å². The van der Waals surface area contributed by atoms with Crippen LogP contribution >= 0.6 is 0 Å². The Labute approximate surface area is 121 Å². The molecule has 3 N–H and O–H groups in total. The number of nitrogens with one attached hydrogen (secondary N) is 2. The Balaban J connectivity index is 2.04. The fraction of sp³-hybridized carbons (Fsp3) is 0.357. The first kappa shape index (κ1) is 14.8. The lowest BCUT2D eigenvalue weighted by Gasteiger charge is -2.12. The van der Waals surface area contributed by atoms with E-state index in [4.69, 9.17) is 9.52 Å². The number of carboxylic acids is 1. The van der Waals surface area contributed by atoms with E-state index in [0.29, 0.717) is 17.9 Å². The zero-order chi connectivity index (χ0) is 15.2. The summed E-state index contributed by atoms with van der Waals surface area (Å²) >= 11 is 0. The lowest BCUT2D eigenvalue weighted by molar-refractivity contribution is -0.139. The van der Waals surface area contributed by atoms with Crippen molar-refractivity contribution in [2.45, 2.75) is 32.2 Å². The molecule has 0 radical (unpaired) electrons. The van der Waals surface area contributed by atoms with Crippen LogP contribution in [-0.2, 0) is 4.79 Å². The summed E-state index contributed by atoms with van der Waals surface area (Å²) in [4.78, 5) is 23.1. The lowest BCUT2D eigenvalue weighted by atomic mass is 10.1. The average Bonchev–Trinajstić information content (AvgIpc) is 3.12. The third kappa shape index (κ3) is 3.71. The Kier molecular flexibility index (Phi) is 4.76. The van der Waals surface area contributed by atoms with E-state index in [1.165, 1.54) is 12.3 Å². The molecule has 21 heavy (non-hydrogen) atoms. The standard InChI is InChI=1S/C14H17N3O4/c1-2-3-5-9(14(19)20)15-13(18)11-8-10(16-17-11)12-6-4-7-21-12/h4,6-9H,2-3,5H2,1H3,(H,15,18)(H,16,17)(H,19,20). The highest BCUT2D eigenvalue weighted by molar-refractivity contribution is 5.95. The quantitative estimate of drug-likeness (QED) is 0.723. The van der Waals surface area contributed by atoms with E-state index in [0.717, 1.165) is 12.8 Å². The van der Waals surface area contributed by atoms with Crippen molar-refractivity contribution in [3.8, 4) is 11.5 Å². The number of H-pyrrole nitrogens is 1. The molecule has 1 atom stereocenters. The Morgan fingerprint density at radius 2 is 2.33 bits per heavy atom. The minimum absolute atomic E-state index is 0.129. The molecule has 2 aromatic rings. The molecule has 0 spiro atoms. The number of hydrogen-bond donors (Lipinski definition) is 3. The van der Waals surface area contributed by atoms with Gasteiger partial charge in [-0.15, -0.1) is 0 Å². The first-order valence-corrected chi connectivity index (χ1v) is 6.74. The zero-order valence-corrected chi connectivity index (χ0v) is 11.6. The van der Waals surface area contributed by atoms with Crippen LogP contribution in [0, 0.1) is 0 Å². The number of rotatable bonds is 7. The molecule has 0 saturated carbocycles. The Bertz CT molecular complexity index is 604. The Morgan fingerprint density at radius 1 is 1.52 bits per heavy atom. The predicted molar refractivity (Wildman–Crippen MR) is 74.7 cm³/mol. The molecule has 2 rings (SSSR count). The van der Waals surface area contributed by atoms with Crippen LogP contribution in [-0.4, -0.2) is 33.2 Å². The lowest BCUT2D eigenvalue weighted by Crippen LogP contribution is -2.40. The van der Waals surface area contributed by atoms with Gasteiger partial charge < -0.3 is 14.8 Å². The second-order valence-corrected chi connectivity index (χ2v) is 4.65. The van der Waals surface area contributed by atoms with Gasteiger partial charge in [0.1, 0.15) is 11.7 Å². The summed E-state index contributed by atoms with van der Waals surface area (Å²) in [6.07, 6.45) is 3.51. The van der Waals surface area contributed by atoms with Gasteiger partial charge in [-0.25, -0.2) is 4.79 Å². The Hall–Kier alpha value is -2.57. The minimum atomic E-state index is -1.04. The normalized spacial score (nSPS) is 12.0. The summed E-state index contributed by atoms with van der Waals surface area (Å²) in [5.41, 5.74) is 0.690. The molecule has 1 amide bonds. The number of carbonyl (C=O) groups excluding carboxylic acids is 1. The number of amides is 1. The molecule has 112 valence electrons. The van der Waals surface area contributed by atoms with Crippen LogP contribution in [0.2, 0.25) is 0 Å². The molecule has 7 nitrogen and oxygen atoms in total. The zero-order valence-electron chi connectivity index (χ0n) is 11.6. The third-order valence-electron chi connectivity index (χ3n) is 3.05. The maximum atomic E-state index is 12.0. The maximum absolute atomic E-state index is 12.0. The van der Waals surface area contributed by atoms with E-state index in [-0.39, 0.29) is 5.69 Å². The largest absolute Gasteiger partial charge is 0.480 e. The van der Waals surface area contributed by atoms with Crippen molar-refractivity contribution >= 4 is 11.9 Å². The van der Waals surface area contributed by atoms with Gasteiger partial charge in [0.25, 0.3) is 5.91 Å². The fourth-order valence-corrected chi connectivity index (χ4v) is 1.89. The number of hydrogen-bond acceptors (Lipinski definition) is 4. The van der Waals surface area contributed by atoms with E-state index in [1.54, 1.807) is 12.1 Å². The number of nitrogens with zero attached hydrogens (tertiary/aromatic N) is 1. The number of carbonyl (C=O) groups is 2. The number of unbranched alkanes of at least 4 members (excludes halogenated alkanes) is 1. The van der Waals surface area contributed by atoms with Crippen LogP contribution in [0.25, 0.3) is 11.5 Å². The van der Waals surface area contributed by atoms with Gasteiger partial charge in [0.2, 0.25) is 0 Å². The first-order chi connectivity index (χ1) is 10.1.